The van der Waals surface area contributed by atoms with Gasteiger partial charge in [-0.25, -0.2) is 0 Å². The first-order valence-electron chi connectivity index (χ1n) is 17.0. The van der Waals surface area contributed by atoms with Gasteiger partial charge in [0.15, 0.2) is 11.5 Å². The van der Waals surface area contributed by atoms with E-state index < -0.39 is 0 Å². The number of phenols is 1. The number of phenolic OH excluding ortho intramolecular Hbond substituents is 1. The summed E-state index contributed by atoms with van der Waals surface area (Å²) in [7, 11) is 1.63. The fourth-order valence-electron chi connectivity index (χ4n) is 6.22. The molecule has 2 N–H and O–H groups in total. The Morgan fingerprint density at radius 3 is 2.66 bits per heavy atom. The van der Waals surface area contributed by atoms with Crippen molar-refractivity contribution < 1.29 is 24.1 Å². The maximum Gasteiger partial charge on any atom is 0.161 e. The second-order valence-corrected chi connectivity index (χ2v) is 12.4. The third kappa shape index (κ3) is 9.93. The topological polar surface area (TPSA) is 77.0 Å². The number of benzene rings is 4. The first-order chi connectivity index (χ1) is 23.0. The Labute approximate surface area is 279 Å². The van der Waals surface area contributed by atoms with Crippen LogP contribution in [0.1, 0.15) is 80.5 Å². The van der Waals surface area contributed by atoms with Gasteiger partial charge in [-0.2, -0.15) is 0 Å². The zero-order valence-corrected chi connectivity index (χ0v) is 27.8. The maximum atomic E-state index is 13.1. The van der Waals surface area contributed by atoms with Crippen LogP contribution in [0.4, 0.5) is 5.69 Å². The van der Waals surface area contributed by atoms with Crippen molar-refractivity contribution in [3.63, 3.8) is 0 Å². The SMILES string of the molecule is CCNc1cccc(CCCCCCCC2CC(=O)CCc3ccc(OC)c(c3)OCc3ccc4c(c(O)ccc4c3)CC#CO2)c1. The van der Waals surface area contributed by atoms with Crippen molar-refractivity contribution in [1.82, 2.24) is 0 Å². The zero-order valence-electron chi connectivity index (χ0n) is 27.8. The molecule has 47 heavy (non-hydrogen) atoms. The van der Waals surface area contributed by atoms with E-state index in [1.54, 1.807) is 13.2 Å². The Balaban J connectivity index is 1.23. The average molecular weight is 634 g/mol. The molecule has 6 bridgehead atoms. The summed E-state index contributed by atoms with van der Waals surface area (Å²) in [6.07, 6.45) is 11.8. The van der Waals surface area contributed by atoms with E-state index in [0.29, 0.717) is 43.8 Å². The molecule has 1 unspecified atom stereocenters. The Kier molecular flexibility index (Phi) is 12.4. The first kappa shape index (κ1) is 33.7. The standard InChI is InChI=1S/C41H47NO5/c1-3-42-34-13-9-12-30(26-34)11-7-5-4-6-8-14-36-28-35(43)20-16-31-18-23-40(45-2)41(27-31)47-29-32-17-21-37-33(25-32)19-22-39(44)38(37)15-10-24-46-36/h9,12-13,17-19,21-23,25-27,36,42,44H,3-8,11,14-16,20,28-29H2,1-2H3. The predicted octanol–water partition coefficient (Wildman–Crippen LogP) is 8.94. The van der Waals surface area contributed by atoms with E-state index >= 15 is 0 Å². The third-order valence-corrected chi connectivity index (χ3v) is 8.80. The number of fused-ring (bicyclic) bond motifs is 9. The van der Waals surface area contributed by atoms with Gasteiger partial charge in [0.2, 0.25) is 0 Å². The van der Waals surface area contributed by atoms with Crippen molar-refractivity contribution in [2.24, 2.45) is 0 Å². The number of rotatable bonds is 11. The van der Waals surface area contributed by atoms with Crippen LogP contribution in [0.25, 0.3) is 10.8 Å². The molecule has 0 spiro atoms. The van der Waals surface area contributed by atoms with Crippen LogP contribution < -0.4 is 14.8 Å². The Hall–Kier alpha value is -4.63. The summed E-state index contributed by atoms with van der Waals surface area (Å²) >= 11 is 0. The number of anilines is 1. The number of hydrogen-bond donors (Lipinski definition) is 2. The summed E-state index contributed by atoms with van der Waals surface area (Å²) in [5.41, 5.74) is 5.35. The highest BCUT2D eigenvalue weighted by Crippen LogP contribution is 2.32. The number of hydrogen-bond acceptors (Lipinski definition) is 6. The molecular formula is C41H47NO5. The van der Waals surface area contributed by atoms with Crippen molar-refractivity contribution in [3.05, 3.63) is 95.1 Å². The highest BCUT2D eigenvalue weighted by atomic mass is 16.5. The van der Waals surface area contributed by atoms with Crippen molar-refractivity contribution in [1.29, 1.82) is 0 Å². The molecular weight excluding hydrogens is 586 g/mol. The lowest BCUT2D eigenvalue weighted by Crippen LogP contribution is -2.16. The van der Waals surface area contributed by atoms with Crippen LogP contribution >= 0.6 is 0 Å². The van der Waals surface area contributed by atoms with Crippen molar-refractivity contribution in [2.45, 2.75) is 90.3 Å². The molecule has 2 aliphatic rings. The fraction of sp³-hybridized carbons (Fsp3) is 0.390. The Morgan fingerprint density at radius 1 is 0.936 bits per heavy atom. The van der Waals surface area contributed by atoms with Crippen molar-refractivity contribution in [2.75, 3.05) is 19.0 Å². The van der Waals surface area contributed by atoms with Gasteiger partial charge >= 0.3 is 0 Å². The minimum absolute atomic E-state index is 0.160. The van der Waals surface area contributed by atoms with Gasteiger partial charge in [-0.3, -0.25) is 4.79 Å². The highest BCUT2D eigenvalue weighted by Gasteiger charge is 2.16. The number of nitrogens with one attached hydrogen (secondary N) is 1. The molecule has 0 amide bonds. The van der Waals surface area contributed by atoms with Gasteiger partial charge in [0.05, 0.1) is 7.11 Å². The van der Waals surface area contributed by atoms with Crippen LogP contribution in [0.3, 0.4) is 0 Å². The van der Waals surface area contributed by atoms with Crippen molar-refractivity contribution in [3.8, 4) is 29.3 Å². The molecule has 4 aromatic rings. The van der Waals surface area contributed by atoms with E-state index in [2.05, 4.69) is 54.6 Å². The lowest BCUT2D eigenvalue weighted by atomic mass is 9.99. The van der Waals surface area contributed by atoms with Gasteiger partial charge in [-0.05, 0) is 103 Å². The molecule has 1 atom stereocenters. The van der Waals surface area contributed by atoms with E-state index in [0.717, 1.165) is 66.1 Å². The highest BCUT2D eigenvalue weighted by molar-refractivity contribution is 5.88. The van der Waals surface area contributed by atoms with E-state index in [9.17, 15) is 9.90 Å². The monoisotopic (exact) mass is 633 g/mol. The van der Waals surface area contributed by atoms with E-state index in [1.807, 2.05) is 36.4 Å². The van der Waals surface area contributed by atoms with E-state index in [1.165, 1.54) is 24.1 Å². The number of ether oxygens (including phenoxy) is 3. The number of Topliss-reactive ketones (excluding diaryl/α,β-unsaturated/α-hetero) is 1. The summed E-state index contributed by atoms with van der Waals surface area (Å²) in [5, 5.41) is 16.0. The normalized spacial score (nSPS) is 15.1. The fourth-order valence-corrected chi connectivity index (χ4v) is 6.22. The van der Waals surface area contributed by atoms with Crippen LogP contribution in [0, 0.1) is 12.0 Å². The number of aryl methyl sites for hydroxylation is 2. The second kappa shape index (κ2) is 17.3. The van der Waals surface area contributed by atoms with Crippen LogP contribution in [-0.2, 0) is 35.4 Å². The van der Waals surface area contributed by atoms with Gasteiger partial charge in [-0.15, -0.1) is 0 Å². The molecule has 2 heterocycles. The maximum absolute atomic E-state index is 13.1. The lowest BCUT2D eigenvalue weighted by Gasteiger charge is -2.15. The zero-order chi connectivity index (χ0) is 32.8. The van der Waals surface area contributed by atoms with Gasteiger partial charge in [0, 0.05) is 37.1 Å². The van der Waals surface area contributed by atoms with Crippen LogP contribution in [0.15, 0.2) is 72.8 Å². The van der Waals surface area contributed by atoms with Gasteiger partial charge in [0.1, 0.15) is 30.4 Å². The molecule has 2 aliphatic heterocycles. The largest absolute Gasteiger partial charge is 0.508 e. The number of unbranched alkanes of at least 4 members (excludes halogenated alkanes) is 4. The number of ketones is 1. The van der Waals surface area contributed by atoms with Crippen LogP contribution in [0.2, 0.25) is 0 Å². The quantitative estimate of drug-likeness (QED) is 0.127. The number of aromatic hydroxyl groups is 1. The smallest absolute Gasteiger partial charge is 0.161 e. The molecule has 0 fully saturated rings. The lowest BCUT2D eigenvalue weighted by molar-refractivity contribution is -0.121. The molecule has 0 saturated heterocycles. The van der Waals surface area contributed by atoms with Crippen LogP contribution in [0.5, 0.6) is 17.2 Å². The number of carbonyl (C=O) groups is 1. The van der Waals surface area contributed by atoms with Crippen LogP contribution in [-0.4, -0.2) is 30.6 Å². The van der Waals surface area contributed by atoms with E-state index in [4.69, 9.17) is 14.2 Å². The Morgan fingerprint density at radius 2 is 1.79 bits per heavy atom. The molecule has 0 saturated carbocycles. The third-order valence-electron chi connectivity index (χ3n) is 8.80. The molecule has 4 aromatic carbocycles. The molecule has 0 aromatic heterocycles. The van der Waals surface area contributed by atoms with Gasteiger partial charge in [-0.1, -0.05) is 61.6 Å². The van der Waals surface area contributed by atoms with Gasteiger partial charge < -0.3 is 24.6 Å². The first-order valence-corrected chi connectivity index (χ1v) is 17.0. The summed E-state index contributed by atoms with van der Waals surface area (Å²) in [6.45, 7) is 3.41. The molecule has 6 nitrogen and oxygen atoms in total. The number of carbonyl (C=O) groups excluding carboxylic acids is 1. The second-order valence-electron chi connectivity index (χ2n) is 12.4. The molecule has 246 valence electrons. The number of methoxy groups -OCH3 is 1. The summed E-state index contributed by atoms with van der Waals surface area (Å²) in [4.78, 5) is 13.1. The summed E-state index contributed by atoms with van der Waals surface area (Å²) in [5.74, 6) is 4.78. The minimum atomic E-state index is -0.260. The molecule has 0 radical (unpaired) electrons. The molecule has 6 rings (SSSR count). The summed E-state index contributed by atoms with van der Waals surface area (Å²) in [6, 6.07) is 24.3. The average Bonchev–Trinajstić information content (AvgIpc) is 3.08. The minimum Gasteiger partial charge on any atom is -0.508 e. The molecule has 6 heteroatoms. The molecule has 0 aliphatic carbocycles. The summed E-state index contributed by atoms with van der Waals surface area (Å²) < 4.78 is 17.8. The van der Waals surface area contributed by atoms with Gasteiger partial charge in [0.25, 0.3) is 0 Å². The predicted molar refractivity (Wildman–Crippen MR) is 189 cm³/mol. The van der Waals surface area contributed by atoms with Crippen molar-refractivity contribution >= 4 is 22.2 Å². The Bertz CT molecular complexity index is 1700. The van der Waals surface area contributed by atoms with E-state index in [-0.39, 0.29) is 17.6 Å².